The minimum atomic E-state index is 0.771. The van der Waals surface area contributed by atoms with Crippen LogP contribution < -0.4 is 5.32 Å². The van der Waals surface area contributed by atoms with Gasteiger partial charge in [-0.1, -0.05) is 18.2 Å². The highest BCUT2D eigenvalue weighted by Gasteiger charge is 2.03. The number of thiazole rings is 1. The van der Waals surface area contributed by atoms with E-state index >= 15 is 0 Å². The second-order valence-corrected chi connectivity index (χ2v) is 5.61. The van der Waals surface area contributed by atoms with E-state index in [0.29, 0.717) is 0 Å². The molecule has 0 saturated heterocycles. The average Bonchev–Trinajstić information content (AvgIpc) is 2.93. The van der Waals surface area contributed by atoms with Gasteiger partial charge in [0.15, 0.2) is 0 Å². The van der Waals surface area contributed by atoms with Gasteiger partial charge in [-0.25, -0.2) is 4.98 Å². The number of nitrogens with one attached hydrogen (secondary N) is 1. The zero-order valence-electron chi connectivity index (χ0n) is 11.2. The summed E-state index contributed by atoms with van der Waals surface area (Å²) in [6.45, 7) is 2.80. The molecule has 2 aromatic heterocycles. The third-order valence-electron chi connectivity index (χ3n) is 3.00. The Bertz CT molecular complexity index is 692. The van der Waals surface area contributed by atoms with Gasteiger partial charge < -0.3 is 5.32 Å². The molecule has 0 unspecified atom stereocenters. The Labute approximate surface area is 122 Å². The zero-order chi connectivity index (χ0) is 13.8. The molecule has 3 aromatic rings. The van der Waals surface area contributed by atoms with Crippen LogP contribution in [-0.2, 0) is 6.54 Å². The van der Waals surface area contributed by atoms with Gasteiger partial charge in [0.1, 0.15) is 0 Å². The van der Waals surface area contributed by atoms with Gasteiger partial charge in [-0.15, -0.1) is 11.3 Å². The summed E-state index contributed by atoms with van der Waals surface area (Å²) in [6.07, 6.45) is 3.66. The van der Waals surface area contributed by atoms with Gasteiger partial charge in [-0.2, -0.15) is 0 Å². The first kappa shape index (κ1) is 12.8. The molecule has 0 fully saturated rings. The summed E-state index contributed by atoms with van der Waals surface area (Å²) in [5.41, 5.74) is 4.45. The van der Waals surface area contributed by atoms with Crippen LogP contribution in [0.2, 0.25) is 0 Å². The number of benzene rings is 1. The molecular formula is C16H15N3S. The van der Waals surface area contributed by atoms with Crippen molar-refractivity contribution in [2.75, 3.05) is 5.32 Å². The molecule has 0 radical (unpaired) electrons. The molecule has 3 nitrogen and oxygen atoms in total. The van der Waals surface area contributed by atoms with Crippen LogP contribution in [0.1, 0.15) is 10.6 Å². The number of hydrogen-bond acceptors (Lipinski definition) is 4. The largest absolute Gasteiger partial charge is 0.381 e. The van der Waals surface area contributed by atoms with Crippen molar-refractivity contribution in [1.82, 2.24) is 9.97 Å². The van der Waals surface area contributed by atoms with E-state index in [0.717, 1.165) is 28.5 Å². The van der Waals surface area contributed by atoms with Gasteiger partial charge in [0, 0.05) is 35.6 Å². The fourth-order valence-corrected chi connectivity index (χ4v) is 2.61. The molecule has 0 aliphatic carbocycles. The first-order chi connectivity index (χ1) is 9.81. The Morgan fingerprint density at radius 3 is 2.90 bits per heavy atom. The molecule has 2 heterocycles. The van der Waals surface area contributed by atoms with Crippen molar-refractivity contribution in [2.45, 2.75) is 13.5 Å². The van der Waals surface area contributed by atoms with Crippen LogP contribution >= 0.6 is 11.3 Å². The lowest BCUT2D eigenvalue weighted by Crippen LogP contribution is -1.99. The Hall–Kier alpha value is -2.20. The van der Waals surface area contributed by atoms with Crippen molar-refractivity contribution in [3.8, 4) is 11.3 Å². The first-order valence-electron chi connectivity index (χ1n) is 6.46. The lowest BCUT2D eigenvalue weighted by Gasteiger charge is -2.07. The third-order valence-corrected chi connectivity index (χ3v) is 3.77. The smallest absolute Gasteiger partial charge is 0.0901 e. The molecular weight excluding hydrogens is 266 g/mol. The van der Waals surface area contributed by atoms with Crippen LogP contribution in [0.4, 0.5) is 5.69 Å². The average molecular weight is 281 g/mol. The van der Waals surface area contributed by atoms with E-state index in [1.54, 1.807) is 17.5 Å². The number of pyridine rings is 1. The van der Waals surface area contributed by atoms with E-state index in [-0.39, 0.29) is 0 Å². The van der Waals surface area contributed by atoms with Crippen molar-refractivity contribution in [2.24, 2.45) is 0 Å². The summed E-state index contributed by atoms with van der Waals surface area (Å²) in [4.78, 5) is 8.64. The SMILES string of the molecule is Cc1nc(-c2cccc(NCc3cccnc3)c2)cs1. The second kappa shape index (κ2) is 5.84. The van der Waals surface area contributed by atoms with Crippen LogP contribution in [0.15, 0.2) is 54.2 Å². The van der Waals surface area contributed by atoms with Crippen molar-refractivity contribution >= 4 is 17.0 Å². The van der Waals surface area contributed by atoms with E-state index in [1.807, 2.05) is 19.2 Å². The van der Waals surface area contributed by atoms with Gasteiger partial charge in [0.2, 0.25) is 0 Å². The molecule has 0 bridgehead atoms. The van der Waals surface area contributed by atoms with Gasteiger partial charge in [0.25, 0.3) is 0 Å². The van der Waals surface area contributed by atoms with Crippen LogP contribution in [0, 0.1) is 6.92 Å². The Balaban J connectivity index is 1.75. The van der Waals surface area contributed by atoms with Gasteiger partial charge >= 0.3 is 0 Å². The molecule has 4 heteroatoms. The van der Waals surface area contributed by atoms with Crippen LogP contribution in [-0.4, -0.2) is 9.97 Å². The van der Waals surface area contributed by atoms with E-state index in [4.69, 9.17) is 0 Å². The zero-order valence-corrected chi connectivity index (χ0v) is 12.0. The Morgan fingerprint density at radius 2 is 2.15 bits per heavy atom. The van der Waals surface area contributed by atoms with Crippen molar-refractivity contribution in [1.29, 1.82) is 0 Å². The number of rotatable bonds is 4. The number of aromatic nitrogens is 2. The summed E-state index contributed by atoms with van der Waals surface area (Å²) in [5.74, 6) is 0. The van der Waals surface area contributed by atoms with Crippen molar-refractivity contribution in [3.05, 3.63) is 64.7 Å². The fraction of sp³-hybridized carbons (Fsp3) is 0.125. The Kier molecular flexibility index (Phi) is 3.74. The number of hydrogen-bond donors (Lipinski definition) is 1. The maximum Gasteiger partial charge on any atom is 0.0901 e. The summed E-state index contributed by atoms with van der Waals surface area (Å²) in [5, 5.41) is 6.60. The summed E-state index contributed by atoms with van der Waals surface area (Å²) < 4.78 is 0. The molecule has 0 atom stereocenters. The molecule has 20 heavy (non-hydrogen) atoms. The second-order valence-electron chi connectivity index (χ2n) is 4.55. The lowest BCUT2D eigenvalue weighted by atomic mass is 10.1. The van der Waals surface area contributed by atoms with Gasteiger partial charge in [-0.3, -0.25) is 4.98 Å². The maximum atomic E-state index is 4.52. The standard InChI is InChI=1S/C16H15N3S/c1-12-19-16(11-20-12)14-5-2-6-15(8-14)18-10-13-4-3-7-17-9-13/h2-9,11,18H,10H2,1H3. The minimum absolute atomic E-state index is 0.771. The van der Waals surface area contributed by atoms with Crippen LogP contribution in [0.5, 0.6) is 0 Å². The minimum Gasteiger partial charge on any atom is -0.381 e. The van der Waals surface area contributed by atoms with Gasteiger partial charge in [-0.05, 0) is 30.7 Å². The van der Waals surface area contributed by atoms with Crippen LogP contribution in [0.3, 0.4) is 0 Å². The molecule has 0 saturated carbocycles. The highest BCUT2D eigenvalue weighted by Crippen LogP contribution is 2.24. The summed E-state index contributed by atoms with van der Waals surface area (Å²) in [7, 11) is 0. The summed E-state index contributed by atoms with van der Waals surface area (Å²) >= 11 is 1.68. The predicted octanol–water partition coefficient (Wildman–Crippen LogP) is 4.13. The molecule has 1 N–H and O–H groups in total. The molecule has 0 amide bonds. The monoisotopic (exact) mass is 281 g/mol. The quantitative estimate of drug-likeness (QED) is 0.781. The first-order valence-corrected chi connectivity index (χ1v) is 7.34. The van der Waals surface area contributed by atoms with Crippen molar-refractivity contribution in [3.63, 3.8) is 0 Å². The number of anilines is 1. The number of aryl methyl sites for hydroxylation is 1. The van der Waals surface area contributed by atoms with Gasteiger partial charge in [0.05, 0.1) is 10.7 Å². The third kappa shape index (κ3) is 3.03. The molecule has 0 spiro atoms. The highest BCUT2D eigenvalue weighted by atomic mass is 32.1. The van der Waals surface area contributed by atoms with E-state index in [1.165, 1.54) is 5.56 Å². The highest BCUT2D eigenvalue weighted by molar-refractivity contribution is 7.09. The van der Waals surface area contributed by atoms with Crippen LogP contribution in [0.25, 0.3) is 11.3 Å². The fourth-order valence-electron chi connectivity index (χ4n) is 1.99. The maximum absolute atomic E-state index is 4.52. The summed E-state index contributed by atoms with van der Waals surface area (Å²) in [6, 6.07) is 12.3. The Morgan fingerprint density at radius 1 is 1.20 bits per heavy atom. The molecule has 0 aliphatic heterocycles. The van der Waals surface area contributed by atoms with E-state index in [2.05, 4.69) is 51.0 Å². The predicted molar refractivity (Wildman–Crippen MR) is 83.9 cm³/mol. The topological polar surface area (TPSA) is 37.8 Å². The van der Waals surface area contributed by atoms with Crippen molar-refractivity contribution < 1.29 is 0 Å². The molecule has 0 aliphatic rings. The number of nitrogens with zero attached hydrogens (tertiary/aromatic N) is 2. The molecule has 1 aromatic carbocycles. The normalized spacial score (nSPS) is 10.4. The van der Waals surface area contributed by atoms with E-state index in [9.17, 15) is 0 Å². The lowest BCUT2D eigenvalue weighted by molar-refractivity contribution is 1.11. The van der Waals surface area contributed by atoms with E-state index < -0.39 is 0 Å². The molecule has 3 rings (SSSR count). The molecule has 100 valence electrons.